The summed E-state index contributed by atoms with van der Waals surface area (Å²) in [6.45, 7) is 2.21. The summed E-state index contributed by atoms with van der Waals surface area (Å²) in [5.41, 5.74) is 3.61. The first-order valence-electron chi connectivity index (χ1n) is 5.65. The molecule has 1 amide bonds. The Morgan fingerprint density at radius 1 is 1.62 bits per heavy atom. The predicted octanol–water partition coefficient (Wildman–Crippen LogP) is 2.58. The van der Waals surface area contributed by atoms with Gasteiger partial charge in [0.2, 0.25) is 0 Å². The van der Waals surface area contributed by atoms with Crippen molar-refractivity contribution in [3.63, 3.8) is 0 Å². The Hall–Kier alpha value is -1.58. The Kier molecular flexibility index (Phi) is 3.39. The largest absolute Gasteiger partial charge is 0.459 e. The Balaban J connectivity index is 1.91. The number of carbonyl (C=O) groups excluding carboxylic acids is 1. The molecule has 1 aromatic heterocycles. The van der Waals surface area contributed by atoms with Crippen molar-refractivity contribution in [1.82, 2.24) is 5.43 Å². The van der Waals surface area contributed by atoms with E-state index in [1.54, 1.807) is 12.1 Å². The van der Waals surface area contributed by atoms with Crippen LogP contribution in [0.15, 0.2) is 27.9 Å². The molecule has 0 spiro atoms. The summed E-state index contributed by atoms with van der Waals surface area (Å²) in [5, 5.41) is 4.15. The summed E-state index contributed by atoms with van der Waals surface area (Å²) >= 11 is 0. The number of nitrogens with one attached hydrogen (secondary N) is 1. The summed E-state index contributed by atoms with van der Waals surface area (Å²) in [5.74, 6) is 0.692. The third kappa shape index (κ3) is 2.72. The topological polar surface area (TPSA) is 54.6 Å². The SMILES string of the molecule is C[C@@H]1CCC/C(=N\NC(=O)c2ccco2)C1. The van der Waals surface area contributed by atoms with E-state index in [2.05, 4.69) is 17.5 Å². The molecule has 1 aliphatic rings. The summed E-state index contributed by atoms with van der Waals surface area (Å²) in [6.07, 6.45) is 5.87. The smallest absolute Gasteiger partial charge is 0.307 e. The molecule has 4 heteroatoms. The lowest BCUT2D eigenvalue weighted by Crippen LogP contribution is -2.21. The van der Waals surface area contributed by atoms with E-state index in [9.17, 15) is 4.79 Å². The van der Waals surface area contributed by atoms with Crippen LogP contribution in [0.2, 0.25) is 0 Å². The van der Waals surface area contributed by atoms with Gasteiger partial charge in [-0.3, -0.25) is 4.79 Å². The molecule has 0 radical (unpaired) electrons. The van der Waals surface area contributed by atoms with E-state index < -0.39 is 0 Å². The lowest BCUT2D eigenvalue weighted by molar-refractivity contribution is 0.0927. The Morgan fingerprint density at radius 2 is 2.50 bits per heavy atom. The normalized spacial score (nSPS) is 23.3. The number of nitrogens with zero attached hydrogens (tertiary/aromatic N) is 1. The molecule has 1 N–H and O–H groups in total. The first-order valence-corrected chi connectivity index (χ1v) is 5.65. The minimum Gasteiger partial charge on any atom is -0.459 e. The first kappa shape index (κ1) is 10.9. The van der Waals surface area contributed by atoms with Crippen LogP contribution in [-0.4, -0.2) is 11.6 Å². The summed E-state index contributed by atoms with van der Waals surface area (Å²) in [7, 11) is 0. The van der Waals surface area contributed by atoms with Crippen LogP contribution in [0.1, 0.15) is 43.2 Å². The van der Waals surface area contributed by atoms with Crippen molar-refractivity contribution < 1.29 is 9.21 Å². The number of hydrogen-bond acceptors (Lipinski definition) is 3. The van der Waals surface area contributed by atoms with Crippen molar-refractivity contribution in [3.8, 4) is 0 Å². The van der Waals surface area contributed by atoms with Gasteiger partial charge in [-0.1, -0.05) is 6.92 Å². The van der Waals surface area contributed by atoms with E-state index in [0.717, 1.165) is 25.0 Å². The number of furan rings is 1. The Morgan fingerprint density at radius 3 is 3.19 bits per heavy atom. The van der Waals surface area contributed by atoms with Crippen LogP contribution < -0.4 is 5.43 Å². The molecule has 1 saturated carbocycles. The van der Waals surface area contributed by atoms with Crippen LogP contribution in [0, 0.1) is 5.92 Å². The van der Waals surface area contributed by atoms with Crippen molar-refractivity contribution in [2.75, 3.05) is 0 Å². The van der Waals surface area contributed by atoms with Gasteiger partial charge in [0.05, 0.1) is 6.26 Å². The van der Waals surface area contributed by atoms with Gasteiger partial charge in [-0.15, -0.1) is 0 Å². The van der Waals surface area contributed by atoms with Gasteiger partial charge in [-0.25, -0.2) is 5.43 Å². The molecule has 16 heavy (non-hydrogen) atoms. The van der Waals surface area contributed by atoms with E-state index in [1.165, 1.54) is 12.7 Å². The highest BCUT2D eigenvalue weighted by molar-refractivity contribution is 5.93. The second kappa shape index (κ2) is 4.96. The van der Waals surface area contributed by atoms with E-state index in [-0.39, 0.29) is 5.91 Å². The summed E-state index contributed by atoms with van der Waals surface area (Å²) in [4.78, 5) is 11.5. The maximum atomic E-state index is 11.5. The fourth-order valence-electron chi connectivity index (χ4n) is 1.96. The van der Waals surface area contributed by atoms with Crippen molar-refractivity contribution in [2.24, 2.45) is 11.0 Å². The highest BCUT2D eigenvalue weighted by Gasteiger charge is 2.14. The number of hydrogen-bond donors (Lipinski definition) is 1. The molecule has 0 unspecified atom stereocenters. The van der Waals surface area contributed by atoms with Crippen LogP contribution in [0.3, 0.4) is 0 Å². The van der Waals surface area contributed by atoms with Gasteiger partial charge in [0.25, 0.3) is 0 Å². The van der Waals surface area contributed by atoms with Crippen molar-refractivity contribution in [3.05, 3.63) is 24.2 Å². The van der Waals surface area contributed by atoms with Gasteiger partial charge in [0.1, 0.15) is 0 Å². The van der Waals surface area contributed by atoms with Crippen LogP contribution in [0.4, 0.5) is 0 Å². The van der Waals surface area contributed by atoms with Crippen molar-refractivity contribution in [2.45, 2.75) is 32.6 Å². The molecule has 0 aliphatic heterocycles. The average Bonchev–Trinajstić information content (AvgIpc) is 2.79. The fourth-order valence-corrected chi connectivity index (χ4v) is 1.96. The molecule has 1 aliphatic carbocycles. The zero-order chi connectivity index (χ0) is 11.4. The predicted molar refractivity (Wildman–Crippen MR) is 61.2 cm³/mol. The molecule has 4 nitrogen and oxygen atoms in total. The molecule has 1 atom stereocenters. The van der Waals surface area contributed by atoms with Crippen LogP contribution in [-0.2, 0) is 0 Å². The second-order valence-corrected chi connectivity index (χ2v) is 4.30. The zero-order valence-electron chi connectivity index (χ0n) is 9.40. The fraction of sp³-hybridized carbons (Fsp3) is 0.500. The lowest BCUT2D eigenvalue weighted by atomic mass is 9.89. The molecule has 1 fully saturated rings. The van der Waals surface area contributed by atoms with Crippen molar-refractivity contribution in [1.29, 1.82) is 0 Å². The van der Waals surface area contributed by atoms with Gasteiger partial charge in [-0.05, 0) is 43.7 Å². The quantitative estimate of drug-likeness (QED) is 0.779. The van der Waals surface area contributed by atoms with Crippen molar-refractivity contribution >= 4 is 11.6 Å². The molecule has 0 saturated heterocycles. The number of carbonyl (C=O) groups is 1. The van der Waals surface area contributed by atoms with E-state index >= 15 is 0 Å². The third-order valence-corrected chi connectivity index (χ3v) is 2.81. The van der Waals surface area contributed by atoms with Gasteiger partial charge in [-0.2, -0.15) is 5.10 Å². The Bertz CT molecular complexity index is 382. The number of hydrazone groups is 1. The molecule has 2 rings (SSSR count). The lowest BCUT2D eigenvalue weighted by Gasteiger charge is -2.18. The monoisotopic (exact) mass is 220 g/mol. The average molecular weight is 220 g/mol. The minimum absolute atomic E-state index is 0.282. The van der Waals surface area contributed by atoms with Crippen LogP contribution in [0.25, 0.3) is 0 Å². The highest BCUT2D eigenvalue weighted by atomic mass is 16.3. The maximum Gasteiger partial charge on any atom is 0.307 e. The second-order valence-electron chi connectivity index (χ2n) is 4.30. The molecular formula is C12H16N2O2. The van der Waals surface area contributed by atoms with Gasteiger partial charge < -0.3 is 4.42 Å². The van der Waals surface area contributed by atoms with Crippen LogP contribution in [0.5, 0.6) is 0 Å². The van der Waals surface area contributed by atoms with E-state index in [4.69, 9.17) is 4.42 Å². The molecule has 86 valence electrons. The third-order valence-electron chi connectivity index (χ3n) is 2.81. The van der Waals surface area contributed by atoms with E-state index in [0.29, 0.717) is 11.7 Å². The minimum atomic E-state index is -0.282. The van der Waals surface area contributed by atoms with Gasteiger partial charge >= 0.3 is 5.91 Å². The number of amides is 1. The maximum absolute atomic E-state index is 11.5. The van der Waals surface area contributed by atoms with E-state index in [1.807, 2.05) is 0 Å². The molecule has 1 aromatic rings. The standard InChI is InChI=1S/C12H16N2O2/c1-9-4-2-5-10(8-9)13-14-12(15)11-6-3-7-16-11/h3,6-7,9H,2,4-5,8H2,1H3,(H,14,15)/b13-10+/t9-/m1/s1. The molecule has 0 bridgehead atoms. The molecule has 1 heterocycles. The van der Waals surface area contributed by atoms with Gasteiger partial charge in [0.15, 0.2) is 5.76 Å². The zero-order valence-corrected chi connectivity index (χ0v) is 9.40. The summed E-state index contributed by atoms with van der Waals surface area (Å²) in [6, 6.07) is 3.31. The highest BCUT2D eigenvalue weighted by Crippen LogP contribution is 2.20. The van der Waals surface area contributed by atoms with Gasteiger partial charge in [0, 0.05) is 5.71 Å². The summed E-state index contributed by atoms with van der Waals surface area (Å²) < 4.78 is 4.97. The molecule has 0 aromatic carbocycles. The first-order chi connectivity index (χ1) is 7.75. The number of rotatable bonds is 2. The van der Waals surface area contributed by atoms with Crippen LogP contribution >= 0.6 is 0 Å². The molecular weight excluding hydrogens is 204 g/mol. The Labute approximate surface area is 94.7 Å².